The van der Waals surface area contributed by atoms with Crippen LogP contribution in [0.25, 0.3) is 11.6 Å². The largest absolute Gasteiger partial charge is 0.490 e. The van der Waals surface area contributed by atoms with Crippen molar-refractivity contribution in [2.75, 3.05) is 50.0 Å². The Balaban J connectivity index is 0.805. The van der Waals surface area contributed by atoms with E-state index in [2.05, 4.69) is 58.0 Å². The molecule has 1 aromatic heterocycles. The summed E-state index contributed by atoms with van der Waals surface area (Å²) < 4.78 is 63.2. The number of benzene rings is 3. The van der Waals surface area contributed by atoms with Crippen LogP contribution in [0.5, 0.6) is 11.5 Å². The first-order valence-corrected chi connectivity index (χ1v) is 28.8. The monoisotopic (exact) mass is 1050 g/mol. The number of nitrogens with two attached hydrogens (primary N) is 1. The van der Waals surface area contributed by atoms with Gasteiger partial charge >= 0.3 is 29.2 Å². The van der Waals surface area contributed by atoms with Crippen LogP contribution in [0, 0.1) is 6.92 Å². The predicted molar refractivity (Wildman–Crippen MR) is 264 cm³/mol. The molecule has 0 spiro atoms. The fourth-order valence-electron chi connectivity index (χ4n) is 11.1. The van der Waals surface area contributed by atoms with Crippen LogP contribution >= 0.6 is 23.5 Å². The maximum atomic E-state index is 13.9. The molecule has 0 radical (unpaired) electrons. The van der Waals surface area contributed by atoms with Crippen LogP contribution in [0.2, 0.25) is 0 Å². The van der Waals surface area contributed by atoms with Crippen LogP contribution in [-0.2, 0) is 57.3 Å². The number of amides is 1. The molecule has 0 aliphatic carbocycles. The van der Waals surface area contributed by atoms with E-state index in [1.54, 1.807) is 6.08 Å². The Bertz CT molecular complexity index is 3240. The van der Waals surface area contributed by atoms with Gasteiger partial charge in [0.15, 0.2) is 6.23 Å². The number of aliphatic hydroxyl groups is 1. The molecule has 4 aromatic rings. The van der Waals surface area contributed by atoms with E-state index in [-0.39, 0.29) is 18.1 Å². The second-order valence-electron chi connectivity index (χ2n) is 19.1. The molecule has 21 nitrogen and oxygen atoms in total. The Hall–Kier alpha value is -4.85. The molecule has 10 rings (SSSR count). The average molecular weight is 1050 g/mol. The van der Waals surface area contributed by atoms with Crippen LogP contribution in [0.15, 0.2) is 47.4 Å². The Morgan fingerprint density at radius 3 is 2.47 bits per heavy atom. The highest BCUT2D eigenvalue weighted by molar-refractivity contribution is 7.66. The van der Waals surface area contributed by atoms with Gasteiger partial charge in [0.25, 0.3) is 5.91 Å². The summed E-state index contributed by atoms with van der Waals surface area (Å²) in [7, 11) is -16.8. The number of hydrogen-bond donors (Lipinski definition) is 7. The molecule has 384 valence electrons. The van der Waals surface area contributed by atoms with E-state index in [1.165, 1.54) is 39.5 Å². The normalized spacial score (nSPS) is 21.8. The number of nitrogens with zero attached hydrogens (tertiary/aromatic N) is 4. The number of phosphoric acid groups is 3. The maximum absolute atomic E-state index is 13.9. The SMILES string of the molecule is Cc1ccc(C(=O)NCCCC/C=C/c2cn([C@@H]3O[C@H](COP(=O)(O)OP(=O)(O)OP(=O)(O)O)CC3O)c(=O)nc2N)cc1C1=c2cc3c4c(c2Oc2c1cc1c5c2CCCN5CCC1)CCC[N+]=4CCC3. The summed E-state index contributed by atoms with van der Waals surface area (Å²) in [5.41, 5.74) is 17.2. The molecule has 1 saturated heterocycles. The highest BCUT2D eigenvalue weighted by atomic mass is 31.3. The summed E-state index contributed by atoms with van der Waals surface area (Å²) in [5.74, 6) is 1.70. The fraction of sp³-hybridized carbons (Fsp3) is 0.458. The van der Waals surface area contributed by atoms with Gasteiger partial charge in [0, 0.05) is 89.4 Å². The summed E-state index contributed by atoms with van der Waals surface area (Å²) in [4.78, 5) is 69.8. The molecule has 3 aromatic carbocycles. The molecule has 0 bridgehead atoms. The molecular weight excluding hydrogens is 993 g/mol. The van der Waals surface area contributed by atoms with Crippen molar-refractivity contribution >= 4 is 52.5 Å². The highest BCUT2D eigenvalue weighted by Gasteiger charge is 2.43. The molecule has 6 aliphatic rings. The second kappa shape index (κ2) is 20.1. The van der Waals surface area contributed by atoms with Gasteiger partial charge in [-0.3, -0.25) is 13.9 Å². The van der Waals surface area contributed by atoms with Crippen LogP contribution in [0.3, 0.4) is 0 Å². The highest BCUT2D eigenvalue weighted by Crippen LogP contribution is 2.66. The van der Waals surface area contributed by atoms with Gasteiger partial charge < -0.3 is 50.1 Å². The van der Waals surface area contributed by atoms with E-state index in [1.807, 2.05) is 18.2 Å². The minimum Gasteiger partial charge on any atom is -0.455 e. The molecule has 24 heteroatoms. The summed E-state index contributed by atoms with van der Waals surface area (Å²) >= 11 is 0. The van der Waals surface area contributed by atoms with Crippen molar-refractivity contribution in [1.29, 1.82) is 0 Å². The number of aliphatic hydroxyl groups excluding tert-OH is 1. The zero-order valence-electron chi connectivity index (χ0n) is 39.6. The van der Waals surface area contributed by atoms with Crippen LogP contribution in [0.1, 0.15) is 112 Å². The van der Waals surface area contributed by atoms with E-state index in [0.29, 0.717) is 36.9 Å². The van der Waals surface area contributed by atoms with E-state index in [0.717, 1.165) is 121 Å². The standard InChI is InChI=1S/C48H57N6O15P3/c1-28-15-16-31(24-36(28)40-37-22-29-11-6-18-52-20-8-13-34(41(29)52)43(37)67-44-35-14-9-21-53-19-7-12-30(42(35)53)23-38(40)44)46(56)50-17-5-3-2-4-10-32-26-54(48(57)51-45(32)49)47-39(55)25-33(66-47)27-65-71(61,62)69-72(63,64)68-70(58,59)60/h4,10,15-16,22-24,26,33,39,47,55H,2-3,5-9,11-14,17-21,25,27H2,1H3,(H6-,49,50,51,56,57,58,59,60,61,62,63,64)/p+1/b10-4+/t33-,39?,47+/m0/s1. The van der Waals surface area contributed by atoms with Gasteiger partial charge in [-0.1, -0.05) is 18.2 Å². The van der Waals surface area contributed by atoms with Gasteiger partial charge in [0.1, 0.15) is 36.5 Å². The third-order valence-corrected chi connectivity index (χ3v) is 17.9. The average Bonchev–Trinajstić information content (AvgIpc) is 3.69. The summed E-state index contributed by atoms with van der Waals surface area (Å²) in [5, 5.41) is 16.3. The Labute approximate surface area is 414 Å². The number of ether oxygens (including phenoxy) is 2. The third kappa shape index (κ3) is 10.5. The van der Waals surface area contributed by atoms with Crippen LogP contribution in [0.4, 0.5) is 11.5 Å². The van der Waals surface area contributed by atoms with E-state index < -0.39 is 54.2 Å². The summed E-state index contributed by atoms with van der Waals surface area (Å²) in [6.45, 7) is 6.01. The zero-order chi connectivity index (χ0) is 50.7. The molecular formula is C48H58N6O15P3+. The van der Waals surface area contributed by atoms with Crippen molar-refractivity contribution in [2.24, 2.45) is 0 Å². The number of allylic oxidation sites excluding steroid dienone is 1. The quantitative estimate of drug-likeness (QED) is 0.0414. The number of nitrogen functional groups attached to an aromatic ring is 1. The van der Waals surface area contributed by atoms with Crippen LogP contribution < -0.4 is 41.5 Å². The molecule has 1 amide bonds. The van der Waals surface area contributed by atoms with E-state index in [4.69, 9.17) is 25.0 Å². The lowest BCUT2D eigenvalue weighted by molar-refractivity contribution is -0.0523. The summed E-state index contributed by atoms with van der Waals surface area (Å²) in [6.07, 6.45) is 11.1. The number of fused-ring (bicyclic) bond motifs is 4. The van der Waals surface area contributed by atoms with Gasteiger partial charge in [-0.25, -0.2) is 23.1 Å². The molecule has 8 N–H and O–H groups in total. The van der Waals surface area contributed by atoms with Gasteiger partial charge in [-0.2, -0.15) is 13.6 Å². The second-order valence-corrected chi connectivity index (χ2v) is 23.6. The molecule has 6 aliphatic heterocycles. The van der Waals surface area contributed by atoms with Crippen molar-refractivity contribution in [3.8, 4) is 11.5 Å². The van der Waals surface area contributed by atoms with Crippen molar-refractivity contribution in [1.82, 2.24) is 19.4 Å². The molecule has 5 atom stereocenters. The van der Waals surface area contributed by atoms with Crippen molar-refractivity contribution in [3.63, 3.8) is 0 Å². The first-order valence-electron chi connectivity index (χ1n) is 24.3. The minimum absolute atomic E-state index is 0.0824. The Morgan fingerprint density at radius 2 is 1.68 bits per heavy atom. The van der Waals surface area contributed by atoms with Crippen molar-refractivity contribution in [2.45, 2.75) is 102 Å². The van der Waals surface area contributed by atoms with Gasteiger partial charge in [0.2, 0.25) is 5.36 Å². The zero-order valence-corrected chi connectivity index (χ0v) is 42.3. The number of carbonyl (C=O) groups excluding carboxylic acids is 1. The van der Waals surface area contributed by atoms with Gasteiger partial charge in [0.05, 0.1) is 18.3 Å². The fourth-order valence-corrected chi connectivity index (χ4v) is 14.2. The van der Waals surface area contributed by atoms with Crippen LogP contribution in [-0.4, -0.2) is 91.7 Å². The predicted octanol–water partition coefficient (Wildman–Crippen LogP) is 4.17. The number of unbranched alkanes of at least 4 members (excludes halogenated alkanes) is 2. The molecule has 0 saturated carbocycles. The Kier molecular flexibility index (Phi) is 14.2. The number of phosphoric ester groups is 1. The number of nitrogens with one attached hydrogen (secondary N) is 1. The lowest BCUT2D eigenvalue weighted by Crippen LogP contribution is -2.45. The first-order chi connectivity index (χ1) is 34.3. The molecule has 72 heavy (non-hydrogen) atoms. The number of anilines is 2. The van der Waals surface area contributed by atoms with Gasteiger partial charge in [-0.05, 0) is 106 Å². The topological polar surface area (TPSA) is 295 Å². The minimum atomic E-state index is -5.74. The number of carbonyl (C=O) groups is 1. The lowest BCUT2D eigenvalue weighted by atomic mass is 9.81. The number of aryl methyl sites for hydroxylation is 3. The molecule has 7 heterocycles. The summed E-state index contributed by atoms with van der Waals surface area (Å²) in [6, 6.07) is 10.8. The lowest BCUT2D eigenvalue weighted by Gasteiger charge is -2.39. The van der Waals surface area contributed by atoms with Crippen molar-refractivity contribution < 1.29 is 65.8 Å². The van der Waals surface area contributed by atoms with E-state index in [9.17, 15) is 38.2 Å². The number of hydrogen-bond acceptors (Lipinski definition) is 14. The van der Waals surface area contributed by atoms with Crippen molar-refractivity contribution in [3.05, 3.63) is 114 Å². The maximum Gasteiger partial charge on any atom is 0.490 e. The molecule has 1 fully saturated rings. The molecule has 3 unspecified atom stereocenters. The number of aromatic nitrogens is 2. The van der Waals surface area contributed by atoms with Gasteiger partial charge in [-0.15, -0.1) is 0 Å². The first kappa shape index (κ1) is 50.7. The van der Waals surface area contributed by atoms with E-state index >= 15 is 0 Å². The number of rotatable bonds is 16. The smallest absolute Gasteiger partial charge is 0.455 e. The Morgan fingerprint density at radius 1 is 0.931 bits per heavy atom. The third-order valence-electron chi connectivity index (χ3n) is 14.1.